The number of nitrogens with zero attached hydrogens (tertiary/aromatic N) is 1. The lowest BCUT2D eigenvalue weighted by molar-refractivity contribution is 0.0946. The third-order valence-electron chi connectivity index (χ3n) is 2.61. The molecule has 0 radical (unpaired) electrons. The van der Waals surface area contributed by atoms with Crippen LogP contribution in [0.15, 0.2) is 23.4 Å². The molecule has 1 aliphatic carbocycles. The third-order valence-corrected chi connectivity index (χ3v) is 4.00. The Balaban J connectivity index is 1.81. The summed E-state index contributed by atoms with van der Waals surface area (Å²) in [5.41, 5.74) is 0. The molecule has 19 heavy (non-hydrogen) atoms. The summed E-state index contributed by atoms with van der Waals surface area (Å²) < 4.78 is 10.1. The van der Waals surface area contributed by atoms with Crippen LogP contribution in [-0.2, 0) is 4.74 Å². The van der Waals surface area contributed by atoms with Crippen LogP contribution in [0.5, 0.6) is 5.75 Å². The summed E-state index contributed by atoms with van der Waals surface area (Å²) in [5.74, 6) is 2.60. The topological polar surface area (TPSA) is 48.4 Å². The minimum Gasteiger partial charge on any atom is -0.434 e. The summed E-state index contributed by atoms with van der Waals surface area (Å²) in [6, 6.07) is 1.82. The van der Waals surface area contributed by atoms with Gasteiger partial charge in [0.05, 0.1) is 12.8 Å². The second kappa shape index (κ2) is 6.80. The van der Waals surface area contributed by atoms with Gasteiger partial charge in [-0.1, -0.05) is 13.8 Å². The molecule has 2 rings (SSSR count). The van der Waals surface area contributed by atoms with Crippen molar-refractivity contribution in [1.29, 1.82) is 0 Å². The maximum absolute atomic E-state index is 11.4. The Hall–Kier alpha value is -1.23. The smallest absolute Gasteiger partial charge is 0.434 e. The fourth-order valence-corrected chi connectivity index (χ4v) is 2.25. The van der Waals surface area contributed by atoms with Crippen LogP contribution in [0.3, 0.4) is 0 Å². The number of carbonyl (C=O) groups excluding carboxylic acids is 1. The zero-order valence-electron chi connectivity index (χ0n) is 11.3. The highest BCUT2D eigenvalue weighted by atomic mass is 32.2. The largest absolute Gasteiger partial charge is 0.513 e. The first kappa shape index (κ1) is 14.2. The summed E-state index contributed by atoms with van der Waals surface area (Å²) in [5, 5.41) is 0. The van der Waals surface area contributed by atoms with Crippen LogP contribution in [0, 0.1) is 11.8 Å². The first-order valence-electron chi connectivity index (χ1n) is 6.56. The molecule has 1 aliphatic rings. The van der Waals surface area contributed by atoms with E-state index in [0.29, 0.717) is 24.2 Å². The molecule has 1 aromatic rings. The van der Waals surface area contributed by atoms with Crippen LogP contribution in [0.4, 0.5) is 4.79 Å². The van der Waals surface area contributed by atoms with Gasteiger partial charge in [0.15, 0.2) is 5.75 Å². The van der Waals surface area contributed by atoms with Crippen LogP contribution in [-0.4, -0.2) is 23.5 Å². The summed E-state index contributed by atoms with van der Waals surface area (Å²) >= 11 is 1.70. The highest BCUT2D eigenvalue weighted by Gasteiger charge is 2.23. The summed E-state index contributed by atoms with van der Waals surface area (Å²) in [7, 11) is 0. The molecular formula is C14H19NO3S. The molecule has 1 fully saturated rings. The number of pyridine rings is 1. The van der Waals surface area contributed by atoms with Crippen molar-refractivity contribution in [2.45, 2.75) is 31.6 Å². The van der Waals surface area contributed by atoms with Gasteiger partial charge < -0.3 is 9.47 Å². The van der Waals surface area contributed by atoms with Crippen molar-refractivity contribution in [3.05, 3.63) is 18.5 Å². The van der Waals surface area contributed by atoms with Crippen molar-refractivity contribution in [3.63, 3.8) is 0 Å². The summed E-state index contributed by atoms with van der Waals surface area (Å²) in [6.07, 6.45) is 4.96. The second-order valence-electron chi connectivity index (χ2n) is 5.17. The predicted octanol–water partition coefficient (Wildman–Crippen LogP) is 3.76. The van der Waals surface area contributed by atoms with Crippen molar-refractivity contribution in [2.24, 2.45) is 11.8 Å². The quantitative estimate of drug-likeness (QED) is 0.587. The van der Waals surface area contributed by atoms with Gasteiger partial charge >= 0.3 is 6.16 Å². The highest BCUT2D eigenvalue weighted by Crippen LogP contribution is 2.29. The second-order valence-corrected chi connectivity index (χ2v) is 6.26. The number of aromatic nitrogens is 1. The Kier molecular flexibility index (Phi) is 5.07. The Morgan fingerprint density at radius 2 is 2.26 bits per heavy atom. The van der Waals surface area contributed by atoms with Crippen LogP contribution in [0.1, 0.15) is 26.7 Å². The lowest BCUT2D eigenvalue weighted by Crippen LogP contribution is -2.12. The van der Waals surface area contributed by atoms with E-state index < -0.39 is 6.16 Å². The Morgan fingerprint density at radius 3 is 2.95 bits per heavy atom. The summed E-state index contributed by atoms with van der Waals surface area (Å²) in [4.78, 5) is 16.5. The molecule has 0 spiro atoms. The van der Waals surface area contributed by atoms with E-state index in [-0.39, 0.29) is 0 Å². The molecule has 1 aromatic heterocycles. The number of hydrogen-bond donors (Lipinski definition) is 0. The first-order chi connectivity index (χ1) is 9.13. The number of ether oxygens (including phenoxy) is 2. The molecule has 0 bridgehead atoms. The molecule has 0 N–H and O–H groups in total. The van der Waals surface area contributed by atoms with E-state index in [0.717, 1.165) is 23.5 Å². The fourth-order valence-electron chi connectivity index (χ4n) is 1.39. The standard InChI is InChI=1S/C14H19NO3S/c1-10(2)9-19-13-5-12(6-15-7-13)18-14(16)17-8-11-3-4-11/h5-7,10-11H,3-4,8-9H2,1-2H3. The van der Waals surface area contributed by atoms with Crippen molar-refractivity contribution in [2.75, 3.05) is 12.4 Å². The normalized spacial score (nSPS) is 14.5. The average Bonchev–Trinajstić information content (AvgIpc) is 3.18. The van der Waals surface area contributed by atoms with Crippen molar-refractivity contribution in [3.8, 4) is 5.75 Å². The van der Waals surface area contributed by atoms with Crippen molar-refractivity contribution < 1.29 is 14.3 Å². The van der Waals surface area contributed by atoms with Gasteiger partial charge in [-0.2, -0.15) is 0 Å². The van der Waals surface area contributed by atoms with Gasteiger partial charge in [-0.3, -0.25) is 4.98 Å². The minimum atomic E-state index is -0.639. The van der Waals surface area contributed by atoms with E-state index >= 15 is 0 Å². The van der Waals surface area contributed by atoms with Crippen LogP contribution >= 0.6 is 11.8 Å². The van der Waals surface area contributed by atoms with E-state index in [1.54, 1.807) is 18.0 Å². The Bertz CT molecular complexity index is 432. The van der Waals surface area contributed by atoms with Crippen molar-refractivity contribution in [1.82, 2.24) is 4.98 Å². The van der Waals surface area contributed by atoms with Crippen molar-refractivity contribution >= 4 is 17.9 Å². The predicted molar refractivity (Wildman–Crippen MR) is 74.5 cm³/mol. The van der Waals surface area contributed by atoms with Gasteiger partial charge in [0.25, 0.3) is 0 Å². The molecule has 0 aliphatic heterocycles. The lowest BCUT2D eigenvalue weighted by atomic mass is 10.3. The number of rotatable bonds is 6. The third kappa shape index (κ3) is 5.51. The van der Waals surface area contributed by atoms with E-state index in [4.69, 9.17) is 9.47 Å². The monoisotopic (exact) mass is 281 g/mol. The molecule has 1 heterocycles. The molecule has 0 atom stereocenters. The maximum atomic E-state index is 11.4. The van der Waals surface area contributed by atoms with E-state index in [9.17, 15) is 4.79 Å². The van der Waals surface area contributed by atoms with Gasteiger partial charge in [-0.05, 0) is 30.7 Å². The lowest BCUT2D eigenvalue weighted by Gasteiger charge is -2.07. The first-order valence-corrected chi connectivity index (χ1v) is 7.54. The molecule has 1 saturated carbocycles. The molecule has 0 amide bonds. The Morgan fingerprint density at radius 1 is 1.47 bits per heavy atom. The van der Waals surface area contributed by atoms with Crippen LogP contribution in [0.2, 0.25) is 0 Å². The van der Waals surface area contributed by atoms with Crippen LogP contribution < -0.4 is 4.74 Å². The zero-order valence-corrected chi connectivity index (χ0v) is 12.1. The number of hydrogen-bond acceptors (Lipinski definition) is 5. The summed E-state index contributed by atoms with van der Waals surface area (Å²) in [6.45, 7) is 4.79. The molecule has 4 nitrogen and oxygen atoms in total. The van der Waals surface area contributed by atoms with E-state index in [1.807, 2.05) is 6.07 Å². The van der Waals surface area contributed by atoms with E-state index in [2.05, 4.69) is 18.8 Å². The molecule has 0 unspecified atom stereocenters. The zero-order chi connectivity index (χ0) is 13.7. The van der Waals surface area contributed by atoms with Gasteiger partial charge in [0.2, 0.25) is 0 Å². The Labute approximate surface area is 117 Å². The number of carbonyl (C=O) groups is 1. The fraction of sp³-hybridized carbons (Fsp3) is 0.571. The van der Waals surface area contributed by atoms with Gasteiger partial charge in [0, 0.05) is 16.8 Å². The molecule has 104 valence electrons. The number of thioether (sulfide) groups is 1. The highest BCUT2D eigenvalue weighted by molar-refractivity contribution is 7.99. The molecule has 0 saturated heterocycles. The van der Waals surface area contributed by atoms with Gasteiger partial charge in [-0.25, -0.2) is 4.79 Å². The van der Waals surface area contributed by atoms with Gasteiger partial charge in [0.1, 0.15) is 0 Å². The average molecular weight is 281 g/mol. The van der Waals surface area contributed by atoms with E-state index in [1.165, 1.54) is 6.20 Å². The van der Waals surface area contributed by atoms with Gasteiger partial charge in [-0.15, -0.1) is 11.8 Å². The van der Waals surface area contributed by atoms with Crippen LogP contribution in [0.25, 0.3) is 0 Å². The molecule has 5 heteroatoms. The SMILES string of the molecule is CC(C)CSc1cncc(OC(=O)OCC2CC2)c1. The minimum absolute atomic E-state index is 0.439. The molecule has 0 aromatic carbocycles. The maximum Gasteiger partial charge on any atom is 0.513 e. The molecular weight excluding hydrogens is 262 g/mol.